The Labute approximate surface area is 133 Å². The third kappa shape index (κ3) is 3.04. The predicted octanol–water partition coefficient (Wildman–Crippen LogP) is 3.60. The van der Waals surface area contributed by atoms with Crippen molar-refractivity contribution in [2.75, 3.05) is 0 Å². The highest BCUT2D eigenvalue weighted by molar-refractivity contribution is 7.71. The highest BCUT2D eigenvalue weighted by Crippen LogP contribution is 2.22. The van der Waals surface area contributed by atoms with Gasteiger partial charge in [-0.1, -0.05) is 42.5 Å². The van der Waals surface area contributed by atoms with Gasteiger partial charge in [-0.15, -0.1) is 0 Å². The van der Waals surface area contributed by atoms with Crippen molar-refractivity contribution in [2.45, 2.75) is 13.0 Å². The molecule has 0 atom stereocenters. The molecule has 3 aromatic rings. The van der Waals surface area contributed by atoms with Gasteiger partial charge in [0.2, 0.25) is 5.88 Å². The minimum atomic E-state index is 0.155. The molecule has 22 heavy (non-hydrogen) atoms. The van der Waals surface area contributed by atoms with Crippen molar-refractivity contribution >= 4 is 12.2 Å². The van der Waals surface area contributed by atoms with E-state index in [1.54, 1.807) is 16.7 Å². The van der Waals surface area contributed by atoms with Gasteiger partial charge in [0.25, 0.3) is 0 Å². The van der Waals surface area contributed by atoms with Crippen molar-refractivity contribution in [3.63, 3.8) is 0 Å². The number of nitrogens with zero attached hydrogens (tertiary/aromatic N) is 1. The molecule has 0 saturated heterocycles. The minimum Gasteiger partial charge on any atom is -0.508 e. The SMILES string of the molecule is Oc1ccc(Cc2[nH]c(=S)n(Cc3ccccc3)c2O)cc1. The maximum absolute atomic E-state index is 10.4. The van der Waals surface area contributed by atoms with Crippen molar-refractivity contribution in [3.8, 4) is 11.6 Å². The van der Waals surface area contributed by atoms with Gasteiger partial charge in [-0.25, -0.2) is 0 Å². The van der Waals surface area contributed by atoms with E-state index in [4.69, 9.17) is 12.2 Å². The number of phenols is 1. The number of hydrogen-bond donors (Lipinski definition) is 3. The summed E-state index contributed by atoms with van der Waals surface area (Å²) in [6.07, 6.45) is 0.525. The van der Waals surface area contributed by atoms with Crippen molar-refractivity contribution in [3.05, 3.63) is 76.2 Å². The highest BCUT2D eigenvalue weighted by atomic mass is 32.1. The van der Waals surface area contributed by atoms with Crippen molar-refractivity contribution in [1.82, 2.24) is 9.55 Å². The average molecular weight is 312 g/mol. The Kier molecular flexibility index (Phi) is 3.98. The zero-order valence-electron chi connectivity index (χ0n) is 11.9. The number of rotatable bonds is 4. The lowest BCUT2D eigenvalue weighted by Crippen LogP contribution is -1.99. The van der Waals surface area contributed by atoms with Crippen LogP contribution in [0.15, 0.2) is 54.6 Å². The topological polar surface area (TPSA) is 61.2 Å². The van der Waals surface area contributed by atoms with Gasteiger partial charge in [-0.05, 0) is 35.5 Å². The number of benzene rings is 2. The predicted molar refractivity (Wildman–Crippen MR) is 87.7 cm³/mol. The van der Waals surface area contributed by atoms with E-state index >= 15 is 0 Å². The van der Waals surface area contributed by atoms with Crippen LogP contribution in [0.1, 0.15) is 16.8 Å². The van der Waals surface area contributed by atoms with E-state index in [1.807, 2.05) is 42.5 Å². The molecule has 1 aromatic heterocycles. The van der Waals surface area contributed by atoms with Gasteiger partial charge in [0.15, 0.2) is 4.77 Å². The van der Waals surface area contributed by atoms with E-state index < -0.39 is 0 Å². The molecule has 0 aliphatic rings. The second-order valence-electron chi connectivity index (χ2n) is 5.15. The standard InChI is InChI=1S/C17H16N2O2S/c20-14-8-6-12(7-9-14)10-15-16(21)19(17(22)18-15)11-13-4-2-1-3-5-13/h1-9,20-21H,10-11H2,(H,18,22). The van der Waals surface area contributed by atoms with Gasteiger partial charge in [-0.3, -0.25) is 4.57 Å². The first-order valence-corrected chi connectivity index (χ1v) is 7.37. The first kappa shape index (κ1) is 14.4. The van der Waals surface area contributed by atoms with E-state index in [0.29, 0.717) is 23.4 Å². The molecule has 0 bridgehead atoms. The summed E-state index contributed by atoms with van der Waals surface area (Å²) in [6, 6.07) is 16.8. The molecule has 5 heteroatoms. The Morgan fingerprint density at radius 3 is 2.27 bits per heavy atom. The Morgan fingerprint density at radius 1 is 0.909 bits per heavy atom. The highest BCUT2D eigenvalue weighted by Gasteiger charge is 2.12. The molecule has 1 heterocycles. The van der Waals surface area contributed by atoms with Gasteiger partial charge in [0.05, 0.1) is 12.2 Å². The number of phenolic OH excluding ortho intramolecular Hbond substituents is 1. The van der Waals surface area contributed by atoms with E-state index in [9.17, 15) is 10.2 Å². The number of H-pyrrole nitrogens is 1. The van der Waals surface area contributed by atoms with Gasteiger partial charge in [-0.2, -0.15) is 0 Å². The molecular weight excluding hydrogens is 296 g/mol. The number of aromatic nitrogens is 2. The van der Waals surface area contributed by atoms with Gasteiger partial charge in [0.1, 0.15) is 5.75 Å². The number of nitrogens with one attached hydrogen (secondary N) is 1. The van der Waals surface area contributed by atoms with Crippen LogP contribution in [0, 0.1) is 4.77 Å². The Hall–Kier alpha value is -2.53. The summed E-state index contributed by atoms with van der Waals surface area (Å²) in [6.45, 7) is 0.525. The van der Waals surface area contributed by atoms with E-state index in [2.05, 4.69) is 4.98 Å². The first-order valence-electron chi connectivity index (χ1n) is 6.96. The molecule has 3 rings (SSSR count). The molecule has 0 saturated carbocycles. The van der Waals surface area contributed by atoms with Crippen molar-refractivity contribution < 1.29 is 10.2 Å². The van der Waals surface area contributed by atoms with Crippen LogP contribution in [0.25, 0.3) is 0 Å². The molecule has 3 N–H and O–H groups in total. The van der Waals surface area contributed by atoms with Crippen LogP contribution in [0.4, 0.5) is 0 Å². The van der Waals surface area contributed by atoms with Crippen LogP contribution in [0.2, 0.25) is 0 Å². The van der Waals surface area contributed by atoms with Crippen molar-refractivity contribution in [2.24, 2.45) is 0 Å². The maximum Gasteiger partial charge on any atom is 0.213 e. The van der Waals surface area contributed by atoms with E-state index in [-0.39, 0.29) is 11.6 Å². The lowest BCUT2D eigenvalue weighted by Gasteiger charge is -2.05. The van der Waals surface area contributed by atoms with Gasteiger partial charge < -0.3 is 15.2 Å². The molecule has 0 aliphatic carbocycles. The number of aromatic amines is 1. The summed E-state index contributed by atoms with van der Waals surface area (Å²) in [7, 11) is 0. The molecule has 4 nitrogen and oxygen atoms in total. The van der Waals surface area contributed by atoms with Crippen molar-refractivity contribution in [1.29, 1.82) is 0 Å². The summed E-state index contributed by atoms with van der Waals surface area (Å²) in [4.78, 5) is 3.06. The molecule has 0 unspecified atom stereocenters. The van der Waals surface area contributed by atoms with Crippen LogP contribution in [-0.2, 0) is 13.0 Å². The average Bonchev–Trinajstić information content (AvgIpc) is 2.78. The van der Waals surface area contributed by atoms with Crippen LogP contribution in [-0.4, -0.2) is 19.8 Å². The normalized spacial score (nSPS) is 10.7. The number of imidazole rings is 1. The fraction of sp³-hybridized carbons (Fsp3) is 0.118. The van der Waals surface area contributed by atoms with Gasteiger partial charge >= 0.3 is 0 Å². The summed E-state index contributed by atoms with van der Waals surface area (Å²) in [5.74, 6) is 0.379. The quantitative estimate of drug-likeness (QED) is 0.645. The third-order valence-corrected chi connectivity index (χ3v) is 3.85. The van der Waals surface area contributed by atoms with Crippen LogP contribution in [0.5, 0.6) is 11.6 Å². The van der Waals surface area contributed by atoms with Gasteiger partial charge in [0, 0.05) is 6.42 Å². The van der Waals surface area contributed by atoms with E-state index in [1.165, 1.54) is 0 Å². The summed E-state index contributed by atoms with van der Waals surface area (Å²) in [5, 5.41) is 19.7. The summed E-state index contributed by atoms with van der Waals surface area (Å²) < 4.78 is 2.18. The monoisotopic (exact) mass is 312 g/mol. The molecular formula is C17H16N2O2S. The second-order valence-corrected chi connectivity index (χ2v) is 5.53. The zero-order chi connectivity index (χ0) is 15.5. The third-order valence-electron chi connectivity index (χ3n) is 3.53. The number of hydrogen-bond acceptors (Lipinski definition) is 3. The fourth-order valence-electron chi connectivity index (χ4n) is 2.37. The fourth-order valence-corrected chi connectivity index (χ4v) is 2.64. The Bertz CT molecular complexity index is 820. The summed E-state index contributed by atoms with van der Waals surface area (Å²) in [5.41, 5.74) is 2.73. The zero-order valence-corrected chi connectivity index (χ0v) is 12.7. The van der Waals surface area contributed by atoms with E-state index in [0.717, 1.165) is 11.1 Å². The Balaban J connectivity index is 1.87. The van der Waals surface area contributed by atoms with Crippen LogP contribution in [0.3, 0.4) is 0 Å². The largest absolute Gasteiger partial charge is 0.508 e. The molecule has 0 aliphatic heterocycles. The molecule has 0 fully saturated rings. The van der Waals surface area contributed by atoms with Crippen LogP contribution >= 0.6 is 12.2 Å². The smallest absolute Gasteiger partial charge is 0.213 e. The molecule has 112 valence electrons. The van der Waals surface area contributed by atoms with Crippen LogP contribution < -0.4 is 0 Å². The molecule has 0 amide bonds. The summed E-state index contributed by atoms with van der Waals surface area (Å²) >= 11 is 5.30. The lowest BCUT2D eigenvalue weighted by atomic mass is 10.1. The second kappa shape index (κ2) is 6.07. The maximum atomic E-state index is 10.4. The minimum absolute atomic E-state index is 0.155. The molecule has 0 radical (unpaired) electrons. The number of aromatic hydroxyl groups is 2. The molecule has 2 aromatic carbocycles. The first-order chi connectivity index (χ1) is 10.6. The Morgan fingerprint density at radius 2 is 1.59 bits per heavy atom. The molecule has 0 spiro atoms. The lowest BCUT2D eigenvalue weighted by molar-refractivity contribution is 0.418.